The predicted molar refractivity (Wildman–Crippen MR) is 94.4 cm³/mol. The van der Waals surface area contributed by atoms with Crippen LogP contribution in [0, 0.1) is 0 Å². The molecule has 0 saturated carbocycles. The molecule has 5 nitrogen and oxygen atoms in total. The zero-order chi connectivity index (χ0) is 17.0. The molecule has 128 valence electrons. The summed E-state index contributed by atoms with van der Waals surface area (Å²) in [5, 5.41) is 4.74. The molecule has 0 fully saturated rings. The van der Waals surface area contributed by atoms with Gasteiger partial charge in [0.1, 0.15) is 4.21 Å². The Morgan fingerprint density at radius 2 is 2.04 bits per heavy atom. The van der Waals surface area contributed by atoms with Crippen LogP contribution >= 0.6 is 11.3 Å². The van der Waals surface area contributed by atoms with Gasteiger partial charge < -0.3 is 5.32 Å². The average Bonchev–Trinajstić information content (AvgIpc) is 3.10. The Morgan fingerprint density at radius 1 is 1.21 bits per heavy atom. The summed E-state index contributed by atoms with van der Waals surface area (Å²) in [7, 11) is -3.51. The summed E-state index contributed by atoms with van der Waals surface area (Å²) in [5.41, 5.74) is 2.46. The first-order valence-electron chi connectivity index (χ1n) is 7.96. The van der Waals surface area contributed by atoms with Crippen LogP contribution in [0.2, 0.25) is 0 Å². The van der Waals surface area contributed by atoms with Crippen molar-refractivity contribution in [2.75, 3.05) is 6.54 Å². The van der Waals surface area contributed by atoms with Crippen LogP contribution in [-0.4, -0.2) is 20.9 Å². The summed E-state index contributed by atoms with van der Waals surface area (Å²) in [6.07, 6.45) is 3.14. The topological polar surface area (TPSA) is 75.3 Å². The molecule has 1 amide bonds. The lowest BCUT2D eigenvalue weighted by Gasteiger charge is -2.26. The number of aryl methyl sites for hydroxylation is 1. The Balaban J connectivity index is 1.52. The maximum atomic E-state index is 12.2. The van der Waals surface area contributed by atoms with Crippen molar-refractivity contribution in [2.24, 2.45) is 0 Å². The Morgan fingerprint density at radius 3 is 2.83 bits per heavy atom. The number of thiophene rings is 1. The monoisotopic (exact) mass is 364 g/mol. The summed E-state index contributed by atoms with van der Waals surface area (Å²) >= 11 is 1.16. The van der Waals surface area contributed by atoms with Gasteiger partial charge in [-0.05, 0) is 41.8 Å². The number of benzene rings is 1. The summed E-state index contributed by atoms with van der Waals surface area (Å²) < 4.78 is 26.7. The second kappa shape index (κ2) is 7.46. The number of amides is 1. The van der Waals surface area contributed by atoms with Crippen LogP contribution in [0.5, 0.6) is 0 Å². The lowest BCUT2D eigenvalue weighted by Crippen LogP contribution is -2.34. The fourth-order valence-corrected chi connectivity index (χ4v) is 5.03. The second-order valence-corrected chi connectivity index (χ2v) is 8.73. The van der Waals surface area contributed by atoms with Gasteiger partial charge in [-0.2, -0.15) is 0 Å². The third kappa shape index (κ3) is 4.03. The van der Waals surface area contributed by atoms with E-state index in [0.717, 1.165) is 30.6 Å². The smallest absolute Gasteiger partial charge is 0.250 e. The maximum Gasteiger partial charge on any atom is 0.250 e. The molecule has 2 aromatic rings. The van der Waals surface area contributed by atoms with Crippen LogP contribution < -0.4 is 10.0 Å². The van der Waals surface area contributed by atoms with E-state index >= 15 is 0 Å². The number of hydrogen-bond donors (Lipinski definition) is 2. The van der Waals surface area contributed by atoms with Gasteiger partial charge in [0.05, 0.1) is 6.04 Å². The van der Waals surface area contributed by atoms with Crippen LogP contribution in [0.25, 0.3) is 0 Å². The van der Waals surface area contributed by atoms with Crippen molar-refractivity contribution in [3.8, 4) is 0 Å². The van der Waals surface area contributed by atoms with Gasteiger partial charge in [0, 0.05) is 13.0 Å². The first-order chi connectivity index (χ1) is 11.6. The zero-order valence-electron chi connectivity index (χ0n) is 13.2. The lowest BCUT2D eigenvalue weighted by molar-refractivity contribution is -0.121. The van der Waals surface area contributed by atoms with Gasteiger partial charge in [0.15, 0.2) is 0 Å². The van der Waals surface area contributed by atoms with E-state index in [4.69, 9.17) is 0 Å². The van der Waals surface area contributed by atoms with Crippen LogP contribution in [-0.2, 0) is 21.2 Å². The van der Waals surface area contributed by atoms with E-state index in [1.165, 1.54) is 11.1 Å². The van der Waals surface area contributed by atoms with E-state index in [9.17, 15) is 13.2 Å². The number of carbonyl (C=O) groups excluding carboxylic acids is 1. The number of fused-ring (bicyclic) bond motifs is 1. The van der Waals surface area contributed by atoms with E-state index in [-0.39, 0.29) is 29.1 Å². The van der Waals surface area contributed by atoms with Crippen molar-refractivity contribution in [1.82, 2.24) is 10.0 Å². The first-order valence-corrected chi connectivity index (χ1v) is 10.3. The molecule has 2 N–H and O–H groups in total. The zero-order valence-corrected chi connectivity index (χ0v) is 14.8. The average molecular weight is 364 g/mol. The number of rotatable bonds is 6. The molecule has 0 radical (unpaired) electrons. The van der Waals surface area contributed by atoms with Crippen molar-refractivity contribution >= 4 is 27.3 Å². The molecule has 0 unspecified atom stereocenters. The van der Waals surface area contributed by atoms with Crippen LogP contribution in [0.15, 0.2) is 46.0 Å². The summed E-state index contributed by atoms with van der Waals surface area (Å²) in [4.78, 5) is 12.2. The molecule has 0 bridgehead atoms. The fourth-order valence-electron chi connectivity index (χ4n) is 2.96. The SMILES string of the molecule is O=C(CCNS(=O)(=O)c1cccs1)N[C@@H]1CCCc2ccccc21. The molecule has 1 aliphatic rings. The Labute approximate surface area is 146 Å². The van der Waals surface area contributed by atoms with E-state index in [2.05, 4.69) is 22.2 Å². The third-order valence-corrected chi connectivity index (χ3v) is 6.97. The van der Waals surface area contributed by atoms with E-state index in [1.807, 2.05) is 12.1 Å². The highest BCUT2D eigenvalue weighted by Gasteiger charge is 2.21. The standard InChI is InChI=1S/C17H20N2O3S2/c20-16(10-11-18-24(21,22)17-9-4-12-23-17)19-15-8-3-6-13-5-1-2-7-14(13)15/h1-2,4-5,7,9,12,15,18H,3,6,8,10-11H2,(H,19,20)/t15-/m1/s1. The highest BCUT2D eigenvalue weighted by Crippen LogP contribution is 2.29. The Hall–Kier alpha value is -1.70. The van der Waals surface area contributed by atoms with Crippen LogP contribution in [0.4, 0.5) is 0 Å². The Kier molecular flexibility index (Phi) is 5.33. The number of sulfonamides is 1. The normalized spacial score (nSPS) is 17.2. The summed E-state index contributed by atoms with van der Waals surface area (Å²) in [6.45, 7) is 0.0977. The lowest BCUT2D eigenvalue weighted by atomic mass is 9.88. The van der Waals surface area contributed by atoms with Crippen molar-refractivity contribution < 1.29 is 13.2 Å². The Bertz CT molecular complexity index is 801. The van der Waals surface area contributed by atoms with Gasteiger partial charge in [0.2, 0.25) is 15.9 Å². The van der Waals surface area contributed by atoms with E-state index < -0.39 is 10.0 Å². The molecule has 1 heterocycles. The quantitative estimate of drug-likeness (QED) is 0.827. The van der Waals surface area contributed by atoms with Gasteiger partial charge in [-0.1, -0.05) is 30.3 Å². The highest BCUT2D eigenvalue weighted by molar-refractivity contribution is 7.91. The molecule has 0 aliphatic heterocycles. The molecule has 0 spiro atoms. The third-order valence-electron chi connectivity index (χ3n) is 4.11. The second-order valence-electron chi connectivity index (χ2n) is 5.79. The van der Waals surface area contributed by atoms with Gasteiger partial charge in [-0.25, -0.2) is 13.1 Å². The van der Waals surface area contributed by atoms with Crippen molar-refractivity contribution in [3.63, 3.8) is 0 Å². The molecule has 1 atom stereocenters. The molecular weight excluding hydrogens is 344 g/mol. The van der Waals surface area contributed by atoms with Crippen molar-refractivity contribution in [3.05, 3.63) is 52.9 Å². The molecule has 7 heteroatoms. The first kappa shape index (κ1) is 17.1. The van der Waals surface area contributed by atoms with Crippen molar-refractivity contribution in [2.45, 2.75) is 35.9 Å². The minimum Gasteiger partial charge on any atom is -0.349 e. The van der Waals surface area contributed by atoms with Gasteiger partial charge in [-0.3, -0.25) is 4.79 Å². The minimum atomic E-state index is -3.51. The van der Waals surface area contributed by atoms with Gasteiger partial charge >= 0.3 is 0 Å². The molecule has 1 aromatic carbocycles. The molecular formula is C17H20N2O3S2. The molecule has 1 aliphatic carbocycles. The van der Waals surface area contributed by atoms with Gasteiger partial charge in [0.25, 0.3) is 0 Å². The van der Waals surface area contributed by atoms with Crippen molar-refractivity contribution in [1.29, 1.82) is 0 Å². The van der Waals surface area contributed by atoms with E-state index in [0.29, 0.717) is 0 Å². The number of hydrogen-bond acceptors (Lipinski definition) is 4. The summed E-state index contributed by atoms with van der Waals surface area (Å²) in [5.74, 6) is -0.134. The van der Waals surface area contributed by atoms with Crippen LogP contribution in [0.1, 0.15) is 36.4 Å². The minimum absolute atomic E-state index is 0.0244. The number of carbonyl (C=O) groups is 1. The van der Waals surface area contributed by atoms with Crippen LogP contribution in [0.3, 0.4) is 0 Å². The highest BCUT2D eigenvalue weighted by atomic mass is 32.2. The van der Waals surface area contributed by atoms with E-state index in [1.54, 1.807) is 17.5 Å². The molecule has 24 heavy (non-hydrogen) atoms. The maximum absolute atomic E-state index is 12.2. The largest absolute Gasteiger partial charge is 0.349 e. The summed E-state index contributed by atoms with van der Waals surface area (Å²) in [6, 6.07) is 11.4. The number of nitrogens with one attached hydrogen (secondary N) is 2. The molecule has 1 aromatic heterocycles. The van der Waals surface area contributed by atoms with Gasteiger partial charge in [-0.15, -0.1) is 11.3 Å². The fraction of sp³-hybridized carbons (Fsp3) is 0.353. The molecule has 0 saturated heterocycles. The predicted octanol–water partition coefficient (Wildman–Crippen LogP) is 2.61. The molecule has 3 rings (SSSR count).